The molecular formula is C2H2IZn. The molecule has 0 aromatic heterocycles. The summed E-state index contributed by atoms with van der Waals surface area (Å²) in [6.45, 7) is 0. The molecule has 0 fully saturated rings. The molecular weight excluding hydrogens is 216 g/mol. The molecule has 0 rings (SSSR count). The van der Waals surface area contributed by atoms with Crippen molar-refractivity contribution in [1.29, 1.82) is 0 Å². The first kappa shape index (κ1) is 8.87. The van der Waals surface area contributed by atoms with Gasteiger partial charge in [-0.2, -0.15) is 0 Å². The zero-order valence-corrected chi connectivity index (χ0v) is 7.49. The fourth-order valence-electron chi connectivity index (χ4n) is 0. The van der Waals surface area contributed by atoms with E-state index in [4.69, 9.17) is 0 Å². The Bertz CT molecular complexity index is 27.5. The van der Waals surface area contributed by atoms with Gasteiger partial charge in [0, 0.05) is 0 Å². The summed E-state index contributed by atoms with van der Waals surface area (Å²) < 4.78 is 2.38. The van der Waals surface area contributed by atoms with Crippen LogP contribution in [-0.4, -0.2) is 0 Å². The molecule has 0 atom stereocenters. The average Bonchev–Trinajstić information content (AvgIpc) is 0.918. The molecule has 19 valence electrons. The smallest absolute Gasteiger partial charge is 0.107 e. The van der Waals surface area contributed by atoms with Gasteiger partial charge in [0.05, 0.1) is 0 Å². The molecule has 0 aliphatic carbocycles. The molecule has 4 heavy (non-hydrogen) atoms. The third kappa shape index (κ3) is 12.8. The van der Waals surface area contributed by atoms with E-state index in [1.807, 2.05) is 0 Å². The van der Waals surface area contributed by atoms with Crippen LogP contribution in [0, 0.1) is 10.9 Å². The Morgan fingerprint density at radius 1 is 1.75 bits per heavy atom. The summed E-state index contributed by atoms with van der Waals surface area (Å²) in [5, 5.41) is 0. The minimum atomic E-state index is 0. The average molecular weight is 218 g/mol. The van der Waals surface area contributed by atoms with Crippen molar-refractivity contribution in [2.45, 2.75) is 0 Å². The summed E-state index contributed by atoms with van der Waals surface area (Å²) in [6.07, 6.45) is 4.65. The van der Waals surface area contributed by atoms with Gasteiger partial charge in [0.1, 0.15) is 0 Å². The zero-order chi connectivity index (χ0) is 2.71. The van der Waals surface area contributed by atoms with Crippen LogP contribution in [-0.2, 0) is 18.3 Å². The summed E-state index contributed by atoms with van der Waals surface area (Å²) in [6, 6.07) is 0. The van der Waals surface area contributed by atoms with E-state index in [9.17, 15) is 0 Å². The largest absolute Gasteiger partial charge is 0.107 e. The van der Waals surface area contributed by atoms with E-state index in [2.05, 4.69) is 10.9 Å². The molecule has 0 spiro atoms. The summed E-state index contributed by atoms with van der Waals surface area (Å²) in [4.78, 5) is 0. The van der Waals surface area contributed by atoms with Crippen molar-refractivity contribution >= 4 is 24.0 Å². The molecule has 0 heterocycles. The van der Waals surface area contributed by atoms with Crippen molar-refractivity contribution in [1.82, 2.24) is 0 Å². The molecule has 0 aliphatic heterocycles. The molecule has 0 bridgehead atoms. The molecule has 0 saturated carbocycles. The van der Waals surface area contributed by atoms with Crippen LogP contribution in [0.3, 0.4) is 0 Å². The van der Waals surface area contributed by atoms with Crippen molar-refractivity contribution in [2.75, 3.05) is 0 Å². The zero-order valence-electron chi connectivity index (χ0n) is 2.19. The fourth-order valence-corrected chi connectivity index (χ4v) is 0. The van der Waals surface area contributed by atoms with Gasteiger partial charge < -0.3 is 0 Å². The number of terminal acetylenes is 1. The third-order valence-corrected chi connectivity index (χ3v) is 0. The van der Waals surface area contributed by atoms with Crippen molar-refractivity contribution in [3.05, 3.63) is 0 Å². The predicted octanol–water partition coefficient (Wildman–Crippen LogP) is 0.742. The van der Waals surface area contributed by atoms with Crippen LogP contribution in [0.15, 0.2) is 0 Å². The second-order valence-corrected chi connectivity index (χ2v) is 1.06. The first-order valence-corrected chi connectivity index (χ1v) is 2.13. The topological polar surface area (TPSA) is 0 Å². The van der Waals surface area contributed by atoms with Gasteiger partial charge in [-0.3, -0.25) is 0 Å². The van der Waals surface area contributed by atoms with Gasteiger partial charge in [-0.05, 0) is 0 Å². The van der Waals surface area contributed by atoms with Crippen LogP contribution in [0.2, 0.25) is 0 Å². The van der Waals surface area contributed by atoms with Crippen molar-refractivity contribution in [3.8, 4) is 10.9 Å². The van der Waals surface area contributed by atoms with E-state index in [0.29, 0.717) is 0 Å². The van der Waals surface area contributed by atoms with Gasteiger partial charge in [-0.25, -0.2) is 0 Å². The Labute approximate surface area is 53.0 Å². The van der Waals surface area contributed by atoms with E-state index in [1.54, 1.807) is 0 Å². The van der Waals surface area contributed by atoms with Crippen LogP contribution in [0.25, 0.3) is 0 Å². The molecule has 0 radical (unpaired) electrons. The summed E-state index contributed by atoms with van der Waals surface area (Å²) in [7, 11) is 0. The van der Waals surface area contributed by atoms with Crippen LogP contribution in [0.4, 0.5) is 0 Å². The second-order valence-electron chi connectivity index (χ2n) is 0.204. The molecule has 2 heteroatoms. The minimum Gasteiger partial charge on any atom is -0.107 e. The van der Waals surface area contributed by atoms with E-state index < -0.39 is 0 Å². The second kappa shape index (κ2) is 9.07. The Kier molecular flexibility index (Phi) is 20.1. The van der Waals surface area contributed by atoms with Crippen molar-refractivity contribution in [2.24, 2.45) is 0 Å². The first-order valence-electron chi connectivity index (χ1n) is 0.642. The predicted molar refractivity (Wildman–Crippen MR) is 24.2 cm³/mol. The Morgan fingerprint density at radius 2 is 1.75 bits per heavy atom. The van der Waals surface area contributed by atoms with E-state index >= 15 is 0 Å². The molecule has 0 N–H and O–H groups in total. The number of hydrogen-bond acceptors (Lipinski definition) is 0. The fraction of sp³-hybridized carbons (Fsp3) is 0. The van der Waals surface area contributed by atoms with E-state index in [0.717, 1.165) is 18.3 Å². The number of hydrogen-bond donors (Lipinski definition) is 0. The van der Waals surface area contributed by atoms with Gasteiger partial charge in [0.2, 0.25) is 0 Å². The molecule has 0 amide bonds. The van der Waals surface area contributed by atoms with Gasteiger partial charge >= 0.3 is 29.2 Å². The van der Waals surface area contributed by atoms with Crippen LogP contribution in [0.5, 0.6) is 0 Å². The summed E-state index contributed by atoms with van der Waals surface area (Å²) >= 11 is 0.972. The summed E-state index contributed by atoms with van der Waals surface area (Å²) in [5.41, 5.74) is 0. The van der Waals surface area contributed by atoms with Gasteiger partial charge in [-0.15, -0.1) is 24.0 Å². The first-order chi connectivity index (χ1) is 1.41. The van der Waals surface area contributed by atoms with Gasteiger partial charge in [-0.1, -0.05) is 0 Å². The maximum Gasteiger partial charge on any atom is -0.107 e. The number of halogens is 1. The molecule has 0 aromatic rings. The minimum absolute atomic E-state index is 0. The molecule has 0 saturated heterocycles. The summed E-state index contributed by atoms with van der Waals surface area (Å²) in [5.74, 6) is 0. The Hall–Kier alpha value is 0.913. The van der Waals surface area contributed by atoms with Crippen LogP contribution < -0.4 is 0 Å². The monoisotopic (exact) mass is 217 g/mol. The van der Waals surface area contributed by atoms with Crippen molar-refractivity contribution < 1.29 is 18.3 Å². The number of rotatable bonds is 0. The Morgan fingerprint density at radius 3 is 1.75 bits per heavy atom. The SMILES string of the molecule is C#[C][Zn].I. The quantitative estimate of drug-likeness (QED) is 0.320. The van der Waals surface area contributed by atoms with Gasteiger partial charge in [0.15, 0.2) is 0 Å². The van der Waals surface area contributed by atoms with E-state index in [1.165, 1.54) is 0 Å². The molecule has 0 unspecified atom stereocenters. The van der Waals surface area contributed by atoms with Crippen molar-refractivity contribution in [3.63, 3.8) is 0 Å². The van der Waals surface area contributed by atoms with E-state index in [-0.39, 0.29) is 24.0 Å². The Balaban J connectivity index is 0. The maximum absolute atomic E-state index is 4.65. The normalized spacial score (nSPS) is 2.25. The molecule has 0 nitrogen and oxygen atoms in total. The van der Waals surface area contributed by atoms with Crippen LogP contribution >= 0.6 is 24.0 Å². The third-order valence-electron chi connectivity index (χ3n) is 0. The van der Waals surface area contributed by atoms with Crippen LogP contribution in [0.1, 0.15) is 0 Å². The van der Waals surface area contributed by atoms with Gasteiger partial charge in [0.25, 0.3) is 0 Å². The molecule has 0 aromatic carbocycles. The standard InChI is InChI=1S/C2H.HI.Zn/c1-2;;/h1H;1H;. The maximum atomic E-state index is 4.65. The molecule has 0 aliphatic rings.